The van der Waals surface area contributed by atoms with Crippen molar-refractivity contribution in [1.29, 1.82) is 0 Å². The van der Waals surface area contributed by atoms with Crippen LogP contribution in [0, 0.1) is 11.3 Å². The first-order valence-electron chi connectivity index (χ1n) is 8.35. The van der Waals surface area contributed by atoms with Crippen LogP contribution in [-0.2, 0) is 0 Å². The van der Waals surface area contributed by atoms with E-state index < -0.39 is 0 Å². The van der Waals surface area contributed by atoms with Gasteiger partial charge in [-0.3, -0.25) is 0 Å². The standard InChI is InChI=1S/C18H32.C2H6/c1-9-12-16(13-14(4)5)17(15(6)10-2)18(7,8)11-3;1-2/h9,12-14H,10-11H2,1-8H3;1-2H3/b12-9-,16-13-,17-15-;. The van der Waals surface area contributed by atoms with Crippen LogP contribution in [0.4, 0.5) is 0 Å². The van der Waals surface area contributed by atoms with Crippen LogP contribution >= 0.6 is 0 Å². The van der Waals surface area contributed by atoms with Gasteiger partial charge >= 0.3 is 0 Å². The minimum atomic E-state index is 0.250. The Morgan fingerprint density at radius 3 is 1.90 bits per heavy atom. The van der Waals surface area contributed by atoms with Crippen molar-refractivity contribution in [3.63, 3.8) is 0 Å². The molecule has 0 radical (unpaired) electrons. The highest BCUT2D eigenvalue weighted by Crippen LogP contribution is 2.39. The second-order valence-corrected chi connectivity index (χ2v) is 6.11. The fourth-order valence-electron chi connectivity index (χ4n) is 2.33. The molecule has 0 atom stereocenters. The third kappa shape index (κ3) is 7.12. The van der Waals surface area contributed by atoms with Gasteiger partial charge in [-0.2, -0.15) is 0 Å². The van der Waals surface area contributed by atoms with E-state index in [1.165, 1.54) is 17.6 Å². The zero-order chi connectivity index (χ0) is 16.3. The summed E-state index contributed by atoms with van der Waals surface area (Å²) in [6.45, 7) is 22.1. The Balaban J connectivity index is 0. The van der Waals surface area contributed by atoms with Crippen molar-refractivity contribution < 1.29 is 0 Å². The van der Waals surface area contributed by atoms with E-state index in [9.17, 15) is 0 Å². The largest absolute Gasteiger partial charge is 0.0871 e. The maximum atomic E-state index is 2.39. The fourth-order valence-corrected chi connectivity index (χ4v) is 2.33. The first kappa shape index (κ1) is 21.5. The SMILES string of the molecule is CC.C\C=C/C(=C/C(C)C)C(=C(\C)CC)/C(C)(C)CC. The topological polar surface area (TPSA) is 0 Å². The lowest BCUT2D eigenvalue weighted by atomic mass is 9.74. The molecule has 0 bridgehead atoms. The summed E-state index contributed by atoms with van der Waals surface area (Å²) in [7, 11) is 0. The van der Waals surface area contributed by atoms with Crippen molar-refractivity contribution in [2.75, 3.05) is 0 Å². The first-order chi connectivity index (χ1) is 9.30. The van der Waals surface area contributed by atoms with E-state index in [2.05, 4.69) is 73.6 Å². The van der Waals surface area contributed by atoms with Gasteiger partial charge < -0.3 is 0 Å². The third-order valence-electron chi connectivity index (χ3n) is 3.67. The lowest BCUT2D eigenvalue weighted by Crippen LogP contribution is -2.17. The Kier molecular flexibility index (Phi) is 11.8. The maximum Gasteiger partial charge on any atom is -0.0101 e. The Labute approximate surface area is 129 Å². The lowest BCUT2D eigenvalue weighted by molar-refractivity contribution is 0.430. The summed E-state index contributed by atoms with van der Waals surface area (Å²) in [6, 6.07) is 0. The zero-order valence-electron chi connectivity index (χ0n) is 15.7. The summed E-state index contributed by atoms with van der Waals surface area (Å²) < 4.78 is 0. The van der Waals surface area contributed by atoms with Crippen LogP contribution in [-0.4, -0.2) is 0 Å². The van der Waals surface area contributed by atoms with Gasteiger partial charge in [0.1, 0.15) is 0 Å². The van der Waals surface area contributed by atoms with Crippen LogP contribution in [0.3, 0.4) is 0 Å². The molecule has 0 N–H and O–H groups in total. The van der Waals surface area contributed by atoms with Crippen molar-refractivity contribution in [3.8, 4) is 0 Å². The summed E-state index contributed by atoms with van der Waals surface area (Å²) in [4.78, 5) is 0. The number of allylic oxidation sites excluding steroid dienone is 6. The van der Waals surface area contributed by atoms with E-state index in [1.54, 1.807) is 5.57 Å². The Morgan fingerprint density at radius 2 is 1.60 bits per heavy atom. The van der Waals surface area contributed by atoms with Gasteiger partial charge in [0.05, 0.1) is 0 Å². The van der Waals surface area contributed by atoms with Crippen LogP contribution in [0.5, 0.6) is 0 Å². The smallest absolute Gasteiger partial charge is 0.0101 e. The summed E-state index contributed by atoms with van der Waals surface area (Å²) in [5.41, 5.74) is 4.73. The molecule has 0 aromatic rings. The molecule has 118 valence electrons. The van der Waals surface area contributed by atoms with E-state index in [0.29, 0.717) is 5.92 Å². The predicted octanol–water partition coefficient (Wildman–Crippen LogP) is 7.33. The van der Waals surface area contributed by atoms with Crippen molar-refractivity contribution in [2.45, 2.75) is 82.1 Å². The van der Waals surface area contributed by atoms with E-state index in [0.717, 1.165) is 6.42 Å². The van der Waals surface area contributed by atoms with E-state index >= 15 is 0 Å². The second kappa shape index (κ2) is 10.9. The van der Waals surface area contributed by atoms with Gasteiger partial charge in [-0.1, -0.05) is 79.2 Å². The van der Waals surface area contributed by atoms with Crippen LogP contribution in [0.15, 0.2) is 34.9 Å². The average Bonchev–Trinajstić information content (AvgIpc) is 2.40. The second-order valence-electron chi connectivity index (χ2n) is 6.11. The molecule has 0 amide bonds. The zero-order valence-corrected chi connectivity index (χ0v) is 15.7. The van der Waals surface area contributed by atoms with Crippen molar-refractivity contribution in [3.05, 3.63) is 34.9 Å². The van der Waals surface area contributed by atoms with Crippen LogP contribution in [0.2, 0.25) is 0 Å². The first-order valence-corrected chi connectivity index (χ1v) is 8.35. The van der Waals surface area contributed by atoms with E-state index in [1.807, 2.05) is 13.8 Å². The van der Waals surface area contributed by atoms with E-state index in [-0.39, 0.29) is 5.41 Å². The number of rotatable bonds is 6. The van der Waals surface area contributed by atoms with Gasteiger partial charge in [0, 0.05) is 0 Å². The van der Waals surface area contributed by atoms with Crippen molar-refractivity contribution in [1.82, 2.24) is 0 Å². The van der Waals surface area contributed by atoms with Crippen LogP contribution in [0.25, 0.3) is 0 Å². The van der Waals surface area contributed by atoms with Crippen molar-refractivity contribution in [2.24, 2.45) is 11.3 Å². The van der Waals surface area contributed by atoms with E-state index in [4.69, 9.17) is 0 Å². The molecule has 20 heavy (non-hydrogen) atoms. The average molecular weight is 279 g/mol. The monoisotopic (exact) mass is 278 g/mol. The molecule has 0 fully saturated rings. The van der Waals surface area contributed by atoms with Crippen LogP contribution < -0.4 is 0 Å². The molecule has 0 heterocycles. The molecule has 0 rings (SSSR count). The van der Waals surface area contributed by atoms with Gasteiger partial charge in [-0.05, 0) is 49.2 Å². The van der Waals surface area contributed by atoms with Crippen molar-refractivity contribution >= 4 is 0 Å². The van der Waals surface area contributed by atoms with Gasteiger partial charge in [-0.15, -0.1) is 0 Å². The highest BCUT2D eigenvalue weighted by Gasteiger charge is 2.24. The molecule has 0 heteroatoms. The third-order valence-corrected chi connectivity index (χ3v) is 3.67. The molecule has 0 unspecified atom stereocenters. The molecule has 0 aliphatic carbocycles. The quantitative estimate of drug-likeness (QED) is 0.446. The van der Waals surface area contributed by atoms with Gasteiger partial charge in [0.25, 0.3) is 0 Å². The minimum absolute atomic E-state index is 0.250. The summed E-state index contributed by atoms with van der Waals surface area (Å²) in [5, 5.41) is 0. The molecule has 0 saturated heterocycles. The Bertz CT molecular complexity index is 335. The molecule has 0 aromatic heterocycles. The molecule has 0 aliphatic heterocycles. The van der Waals surface area contributed by atoms with Gasteiger partial charge in [-0.25, -0.2) is 0 Å². The molecular weight excluding hydrogens is 240 g/mol. The van der Waals surface area contributed by atoms with Gasteiger partial charge in [0.2, 0.25) is 0 Å². The molecule has 0 saturated carbocycles. The summed E-state index contributed by atoms with van der Waals surface area (Å²) in [5.74, 6) is 0.587. The Hall–Kier alpha value is -0.780. The summed E-state index contributed by atoms with van der Waals surface area (Å²) in [6.07, 6.45) is 9.12. The van der Waals surface area contributed by atoms with Crippen LogP contribution in [0.1, 0.15) is 82.1 Å². The maximum absolute atomic E-state index is 2.39. The molecule has 0 aliphatic rings. The fraction of sp³-hybridized carbons (Fsp3) is 0.700. The Morgan fingerprint density at radius 1 is 1.10 bits per heavy atom. The summed E-state index contributed by atoms with van der Waals surface area (Å²) >= 11 is 0. The lowest BCUT2D eigenvalue weighted by Gasteiger charge is -2.30. The molecule has 0 nitrogen and oxygen atoms in total. The highest BCUT2D eigenvalue weighted by atomic mass is 14.3. The molecular formula is C20H38. The number of hydrogen-bond acceptors (Lipinski definition) is 0. The minimum Gasteiger partial charge on any atom is -0.0871 e. The predicted molar refractivity (Wildman–Crippen MR) is 96.1 cm³/mol. The normalized spacial score (nSPS) is 14.2. The highest BCUT2D eigenvalue weighted by molar-refractivity contribution is 5.46. The molecule has 0 spiro atoms. The number of hydrogen-bond donors (Lipinski definition) is 0. The molecule has 0 aromatic carbocycles. The van der Waals surface area contributed by atoms with Gasteiger partial charge in [0.15, 0.2) is 0 Å².